The van der Waals surface area contributed by atoms with E-state index in [0.29, 0.717) is 12.2 Å². The number of anilines is 1. The molecule has 3 aromatic rings. The average molecular weight is 367 g/mol. The summed E-state index contributed by atoms with van der Waals surface area (Å²) < 4.78 is 6.51. The molecule has 0 radical (unpaired) electrons. The number of rotatable bonds is 4. The maximum absolute atomic E-state index is 11.7. The number of ether oxygens (including phenoxy) is 1. The second-order valence-corrected chi connectivity index (χ2v) is 6.53. The van der Waals surface area contributed by atoms with E-state index in [1.54, 1.807) is 29.3 Å². The van der Waals surface area contributed by atoms with Gasteiger partial charge in [-0.05, 0) is 19.2 Å². The molecule has 1 aliphatic rings. The first-order chi connectivity index (χ1) is 13.2. The van der Waals surface area contributed by atoms with Crippen LogP contribution in [-0.4, -0.2) is 75.9 Å². The van der Waals surface area contributed by atoms with E-state index in [0.717, 1.165) is 43.0 Å². The van der Waals surface area contributed by atoms with Crippen molar-refractivity contribution in [1.29, 1.82) is 0 Å². The summed E-state index contributed by atoms with van der Waals surface area (Å²) in [7, 11) is 3.47. The smallest absolute Gasteiger partial charge is 0.356 e. The Morgan fingerprint density at radius 3 is 2.78 bits per heavy atom. The average Bonchev–Trinajstić information content (AvgIpc) is 3.11. The van der Waals surface area contributed by atoms with E-state index in [1.165, 1.54) is 7.11 Å². The Morgan fingerprint density at radius 1 is 1.19 bits per heavy atom. The predicted octanol–water partition coefficient (Wildman–Crippen LogP) is 0.808. The Morgan fingerprint density at radius 2 is 2.00 bits per heavy atom. The fraction of sp³-hybridized carbons (Fsp3) is 0.389. The summed E-state index contributed by atoms with van der Waals surface area (Å²) in [6, 6.07) is 5.26. The van der Waals surface area contributed by atoms with Crippen molar-refractivity contribution < 1.29 is 9.53 Å². The molecule has 4 rings (SSSR count). The third-order valence-electron chi connectivity index (χ3n) is 4.73. The molecular formula is C18H21N7O2. The predicted molar refractivity (Wildman–Crippen MR) is 99.7 cm³/mol. The number of carbonyl (C=O) groups is 1. The number of methoxy groups -OCH3 is 1. The SMILES string of the molecule is COC(=O)c1cccc(Cn2ncc3c(N4CCN(C)CC4)ncnc32)n1. The molecule has 0 spiro atoms. The van der Waals surface area contributed by atoms with Gasteiger partial charge in [-0.2, -0.15) is 5.10 Å². The van der Waals surface area contributed by atoms with Gasteiger partial charge in [0.15, 0.2) is 5.65 Å². The second-order valence-electron chi connectivity index (χ2n) is 6.53. The van der Waals surface area contributed by atoms with Gasteiger partial charge in [0, 0.05) is 26.2 Å². The van der Waals surface area contributed by atoms with Crippen molar-refractivity contribution >= 4 is 22.8 Å². The third kappa shape index (κ3) is 3.45. The first-order valence-electron chi connectivity index (χ1n) is 8.80. The van der Waals surface area contributed by atoms with Crippen molar-refractivity contribution in [2.45, 2.75) is 6.54 Å². The minimum atomic E-state index is -0.457. The quantitative estimate of drug-likeness (QED) is 0.626. The minimum Gasteiger partial charge on any atom is -0.464 e. The summed E-state index contributed by atoms with van der Waals surface area (Å²) in [5, 5.41) is 5.40. The Kier molecular flexibility index (Phi) is 4.68. The molecule has 1 aliphatic heterocycles. The Balaban J connectivity index is 1.62. The fourth-order valence-corrected chi connectivity index (χ4v) is 3.21. The van der Waals surface area contributed by atoms with Gasteiger partial charge in [-0.15, -0.1) is 0 Å². The number of aromatic nitrogens is 5. The zero-order chi connectivity index (χ0) is 18.8. The first kappa shape index (κ1) is 17.3. The molecule has 0 bridgehead atoms. The number of nitrogens with zero attached hydrogens (tertiary/aromatic N) is 7. The summed E-state index contributed by atoms with van der Waals surface area (Å²) in [5.74, 6) is 0.456. The van der Waals surface area contributed by atoms with Gasteiger partial charge in [0.25, 0.3) is 0 Å². The van der Waals surface area contributed by atoms with E-state index in [2.05, 4.69) is 36.9 Å². The van der Waals surface area contributed by atoms with Crippen LogP contribution in [0.25, 0.3) is 11.0 Å². The van der Waals surface area contributed by atoms with Gasteiger partial charge in [-0.3, -0.25) is 0 Å². The van der Waals surface area contributed by atoms with Gasteiger partial charge >= 0.3 is 5.97 Å². The normalized spacial score (nSPS) is 15.3. The zero-order valence-corrected chi connectivity index (χ0v) is 15.4. The molecule has 4 heterocycles. The van der Waals surface area contributed by atoms with Crippen molar-refractivity contribution in [1.82, 2.24) is 29.6 Å². The van der Waals surface area contributed by atoms with Crippen LogP contribution in [-0.2, 0) is 11.3 Å². The monoisotopic (exact) mass is 367 g/mol. The number of esters is 1. The highest BCUT2D eigenvalue weighted by atomic mass is 16.5. The van der Waals surface area contributed by atoms with Crippen LogP contribution in [0.2, 0.25) is 0 Å². The molecule has 0 aromatic carbocycles. The lowest BCUT2D eigenvalue weighted by Crippen LogP contribution is -2.44. The van der Waals surface area contributed by atoms with Gasteiger partial charge in [-0.25, -0.2) is 24.4 Å². The van der Waals surface area contributed by atoms with Gasteiger partial charge in [0.2, 0.25) is 0 Å². The Labute approximate surface area is 156 Å². The molecule has 0 aliphatic carbocycles. The van der Waals surface area contributed by atoms with Crippen LogP contribution in [0.1, 0.15) is 16.2 Å². The molecule has 9 heteroatoms. The molecule has 0 saturated carbocycles. The van der Waals surface area contributed by atoms with E-state index in [1.807, 2.05) is 6.07 Å². The fourth-order valence-electron chi connectivity index (χ4n) is 3.21. The highest BCUT2D eigenvalue weighted by Gasteiger charge is 2.20. The van der Waals surface area contributed by atoms with Crippen LogP contribution in [0.15, 0.2) is 30.7 Å². The van der Waals surface area contributed by atoms with Crippen LogP contribution >= 0.6 is 0 Å². The number of pyridine rings is 1. The molecule has 3 aromatic heterocycles. The molecule has 9 nitrogen and oxygen atoms in total. The topological polar surface area (TPSA) is 89.3 Å². The lowest BCUT2D eigenvalue weighted by Gasteiger charge is -2.33. The highest BCUT2D eigenvalue weighted by Crippen LogP contribution is 2.23. The van der Waals surface area contributed by atoms with Gasteiger partial charge in [0.05, 0.1) is 30.9 Å². The zero-order valence-electron chi connectivity index (χ0n) is 15.4. The number of piperazine rings is 1. The van der Waals surface area contributed by atoms with E-state index >= 15 is 0 Å². The van der Waals surface area contributed by atoms with Crippen LogP contribution in [0, 0.1) is 0 Å². The second kappa shape index (κ2) is 7.28. The molecule has 0 atom stereocenters. The molecule has 27 heavy (non-hydrogen) atoms. The van der Waals surface area contributed by atoms with Crippen molar-refractivity contribution in [3.8, 4) is 0 Å². The highest BCUT2D eigenvalue weighted by molar-refractivity contribution is 5.87. The third-order valence-corrected chi connectivity index (χ3v) is 4.73. The van der Waals surface area contributed by atoms with Gasteiger partial charge in [0.1, 0.15) is 17.8 Å². The van der Waals surface area contributed by atoms with Crippen LogP contribution < -0.4 is 4.90 Å². The molecular weight excluding hydrogens is 346 g/mol. The molecule has 140 valence electrons. The molecule has 0 unspecified atom stereocenters. The first-order valence-corrected chi connectivity index (χ1v) is 8.80. The summed E-state index contributed by atoms with van der Waals surface area (Å²) in [6.07, 6.45) is 3.37. The molecule has 0 N–H and O–H groups in total. The number of fused-ring (bicyclic) bond motifs is 1. The van der Waals surface area contributed by atoms with Crippen LogP contribution in [0.5, 0.6) is 0 Å². The van der Waals surface area contributed by atoms with Crippen molar-refractivity contribution in [3.63, 3.8) is 0 Å². The van der Waals surface area contributed by atoms with Crippen LogP contribution in [0.4, 0.5) is 5.82 Å². The molecule has 1 saturated heterocycles. The van der Waals surface area contributed by atoms with E-state index in [4.69, 9.17) is 4.74 Å². The standard InChI is InChI=1S/C18H21N7O2/c1-23-6-8-24(9-7-23)16-14-10-21-25(17(14)20-12-19-16)11-13-4-3-5-15(22-13)18(26)27-2/h3-5,10,12H,6-9,11H2,1-2H3. The van der Waals surface area contributed by atoms with Crippen molar-refractivity contribution in [3.05, 3.63) is 42.1 Å². The van der Waals surface area contributed by atoms with E-state index in [9.17, 15) is 4.79 Å². The Bertz CT molecular complexity index is 963. The summed E-state index contributed by atoms with van der Waals surface area (Å²) in [6.45, 7) is 4.27. The molecule has 0 amide bonds. The lowest BCUT2D eigenvalue weighted by molar-refractivity contribution is 0.0593. The summed E-state index contributed by atoms with van der Waals surface area (Å²) in [4.78, 5) is 29.5. The van der Waals surface area contributed by atoms with Crippen molar-refractivity contribution in [2.75, 3.05) is 45.2 Å². The van der Waals surface area contributed by atoms with Crippen LogP contribution in [0.3, 0.4) is 0 Å². The summed E-state index contributed by atoms with van der Waals surface area (Å²) >= 11 is 0. The largest absolute Gasteiger partial charge is 0.464 e. The van der Waals surface area contributed by atoms with Gasteiger partial charge in [-0.1, -0.05) is 6.07 Å². The maximum atomic E-state index is 11.7. The van der Waals surface area contributed by atoms with E-state index in [-0.39, 0.29) is 5.69 Å². The number of hydrogen-bond acceptors (Lipinski definition) is 8. The number of hydrogen-bond donors (Lipinski definition) is 0. The summed E-state index contributed by atoms with van der Waals surface area (Å²) in [5.41, 5.74) is 1.74. The van der Waals surface area contributed by atoms with Gasteiger partial charge < -0.3 is 14.5 Å². The van der Waals surface area contributed by atoms with Crippen molar-refractivity contribution in [2.24, 2.45) is 0 Å². The maximum Gasteiger partial charge on any atom is 0.356 e. The molecule has 1 fully saturated rings. The Hall–Kier alpha value is -3.07. The lowest BCUT2D eigenvalue weighted by atomic mass is 10.3. The van der Waals surface area contributed by atoms with E-state index < -0.39 is 5.97 Å². The minimum absolute atomic E-state index is 0.277. The number of carbonyl (C=O) groups excluding carboxylic acids is 1. The number of likely N-dealkylation sites (N-methyl/N-ethyl adjacent to an activating group) is 1.